The molecule has 190 valence electrons. The molecule has 4 atom stereocenters. The van der Waals surface area contributed by atoms with Gasteiger partial charge in [0.2, 0.25) is 0 Å². The Kier molecular flexibility index (Phi) is 6.58. The number of aliphatic hydroxyl groups is 1. The first-order valence-corrected chi connectivity index (χ1v) is 11.8. The van der Waals surface area contributed by atoms with Crippen molar-refractivity contribution in [3.63, 3.8) is 0 Å². The standard InChI is InChI=1S/C24H27F4N3O4/c1-33-11-34-20-10-15(24(26,27)28)16(25)9-13(20)22-14-8-12-6-7-19(35-12)21(14)23(31-30-22)29-17-4-2-3-5-18(17)32/h9-10,12,17-19,32H,2-8,11H2,1H3,(H,29,31)/t12?,17?,18-,19-/m1/s1. The molecule has 1 aromatic carbocycles. The number of anilines is 1. The Hall–Kier alpha value is -2.50. The van der Waals surface area contributed by atoms with E-state index < -0.39 is 23.7 Å². The van der Waals surface area contributed by atoms with Crippen LogP contribution in [0, 0.1) is 5.82 Å². The number of hydrogen-bond donors (Lipinski definition) is 2. The van der Waals surface area contributed by atoms with Crippen molar-refractivity contribution in [1.82, 2.24) is 10.2 Å². The van der Waals surface area contributed by atoms with Gasteiger partial charge in [0.15, 0.2) is 12.6 Å². The van der Waals surface area contributed by atoms with Crippen molar-refractivity contribution >= 4 is 5.82 Å². The third-order valence-electron chi connectivity index (χ3n) is 6.99. The fourth-order valence-electron chi connectivity index (χ4n) is 5.31. The Labute approximate surface area is 199 Å². The summed E-state index contributed by atoms with van der Waals surface area (Å²) in [5.41, 5.74) is 0.408. The predicted octanol–water partition coefficient (Wildman–Crippen LogP) is 4.78. The van der Waals surface area contributed by atoms with E-state index in [2.05, 4.69) is 15.5 Å². The number of ether oxygens (including phenoxy) is 3. The first-order valence-electron chi connectivity index (χ1n) is 11.8. The van der Waals surface area contributed by atoms with E-state index in [0.29, 0.717) is 24.7 Å². The summed E-state index contributed by atoms with van der Waals surface area (Å²) < 4.78 is 71.2. The summed E-state index contributed by atoms with van der Waals surface area (Å²) in [6.45, 7) is -0.320. The zero-order chi connectivity index (χ0) is 24.7. The largest absolute Gasteiger partial charge is 0.467 e. The lowest BCUT2D eigenvalue weighted by Crippen LogP contribution is -2.37. The molecule has 2 bridgehead atoms. The van der Waals surface area contributed by atoms with Gasteiger partial charge in [0, 0.05) is 24.7 Å². The first kappa shape index (κ1) is 24.2. The number of aliphatic hydroxyl groups excluding tert-OH is 1. The Morgan fingerprint density at radius 2 is 1.94 bits per heavy atom. The van der Waals surface area contributed by atoms with Crippen molar-refractivity contribution in [3.05, 3.63) is 34.6 Å². The Bertz CT molecular complexity index is 1100. The second-order valence-electron chi connectivity index (χ2n) is 9.30. The lowest BCUT2D eigenvalue weighted by molar-refractivity contribution is -0.140. The molecule has 0 spiro atoms. The number of nitrogens with zero attached hydrogens (tertiary/aromatic N) is 2. The zero-order valence-corrected chi connectivity index (χ0v) is 19.2. The molecule has 2 N–H and O–H groups in total. The van der Waals surface area contributed by atoms with Crippen LogP contribution >= 0.6 is 0 Å². The molecule has 11 heteroatoms. The molecule has 7 nitrogen and oxygen atoms in total. The highest BCUT2D eigenvalue weighted by atomic mass is 19.4. The van der Waals surface area contributed by atoms with E-state index >= 15 is 0 Å². The highest BCUT2D eigenvalue weighted by Crippen LogP contribution is 2.48. The molecular formula is C24H27F4N3O4. The van der Waals surface area contributed by atoms with Gasteiger partial charge < -0.3 is 24.6 Å². The van der Waals surface area contributed by atoms with Crippen LogP contribution < -0.4 is 10.1 Å². The number of hydrogen-bond acceptors (Lipinski definition) is 7. The van der Waals surface area contributed by atoms with E-state index in [0.717, 1.165) is 49.3 Å². The van der Waals surface area contributed by atoms with E-state index in [4.69, 9.17) is 14.2 Å². The Morgan fingerprint density at radius 3 is 2.69 bits per heavy atom. The summed E-state index contributed by atoms with van der Waals surface area (Å²) in [5.74, 6) is -1.12. The van der Waals surface area contributed by atoms with Crippen molar-refractivity contribution in [2.24, 2.45) is 0 Å². The number of alkyl halides is 3. The predicted molar refractivity (Wildman–Crippen MR) is 117 cm³/mol. The van der Waals surface area contributed by atoms with Crippen LogP contribution in [0.5, 0.6) is 5.75 Å². The van der Waals surface area contributed by atoms with Crippen LogP contribution in [0.4, 0.5) is 23.4 Å². The van der Waals surface area contributed by atoms with E-state index in [1.807, 2.05) is 0 Å². The van der Waals surface area contributed by atoms with Gasteiger partial charge in [-0.2, -0.15) is 13.2 Å². The van der Waals surface area contributed by atoms with Crippen LogP contribution in [0.1, 0.15) is 61.3 Å². The quantitative estimate of drug-likeness (QED) is 0.439. The van der Waals surface area contributed by atoms with E-state index in [1.165, 1.54) is 7.11 Å². The maximum atomic E-state index is 14.6. The number of methoxy groups -OCH3 is 1. The average molecular weight is 497 g/mol. The monoisotopic (exact) mass is 497 g/mol. The molecule has 2 fully saturated rings. The van der Waals surface area contributed by atoms with Crippen molar-refractivity contribution in [1.29, 1.82) is 0 Å². The van der Waals surface area contributed by atoms with Crippen molar-refractivity contribution < 1.29 is 36.9 Å². The van der Waals surface area contributed by atoms with Gasteiger partial charge in [-0.3, -0.25) is 0 Å². The highest BCUT2D eigenvalue weighted by molar-refractivity contribution is 5.74. The molecule has 1 saturated heterocycles. The molecule has 0 amide bonds. The molecule has 3 heterocycles. The number of halogens is 4. The second kappa shape index (κ2) is 9.51. The Morgan fingerprint density at radius 1 is 1.14 bits per heavy atom. The molecule has 2 aromatic rings. The van der Waals surface area contributed by atoms with Gasteiger partial charge in [-0.25, -0.2) is 4.39 Å². The molecule has 1 saturated carbocycles. The number of rotatable bonds is 6. The van der Waals surface area contributed by atoms with Gasteiger partial charge in [-0.15, -0.1) is 10.2 Å². The van der Waals surface area contributed by atoms with Crippen molar-refractivity contribution in [2.45, 2.75) is 75.5 Å². The molecule has 35 heavy (non-hydrogen) atoms. The van der Waals surface area contributed by atoms with Crippen LogP contribution in [-0.2, 0) is 22.1 Å². The van der Waals surface area contributed by atoms with Crippen LogP contribution in [0.25, 0.3) is 11.3 Å². The summed E-state index contributed by atoms with van der Waals surface area (Å²) in [5, 5.41) is 22.5. The van der Waals surface area contributed by atoms with Gasteiger partial charge >= 0.3 is 6.18 Å². The van der Waals surface area contributed by atoms with Gasteiger partial charge in [0.25, 0.3) is 0 Å². The zero-order valence-electron chi connectivity index (χ0n) is 19.2. The molecule has 5 rings (SSSR count). The van der Waals surface area contributed by atoms with E-state index in [1.54, 1.807) is 0 Å². The van der Waals surface area contributed by atoms with E-state index in [-0.39, 0.29) is 42.0 Å². The number of fused-ring (bicyclic) bond motifs is 4. The fourth-order valence-corrected chi connectivity index (χ4v) is 5.31. The molecule has 0 radical (unpaired) electrons. The Balaban J connectivity index is 1.62. The highest BCUT2D eigenvalue weighted by Gasteiger charge is 2.40. The first-order chi connectivity index (χ1) is 16.8. The van der Waals surface area contributed by atoms with Crippen molar-refractivity contribution in [2.75, 3.05) is 19.2 Å². The lowest BCUT2D eigenvalue weighted by atomic mass is 9.91. The summed E-state index contributed by atoms with van der Waals surface area (Å²) in [4.78, 5) is 0. The molecule has 3 aliphatic rings. The summed E-state index contributed by atoms with van der Waals surface area (Å²) >= 11 is 0. The van der Waals surface area contributed by atoms with Crippen LogP contribution in [0.15, 0.2) is 12.1 Å². The minimum absolute atomic E-state index is 0.0637. The SMILES string of the molecule is COCOc1cc(C(F)(F)F)c(F)cc1-c1nnc(NC2CCCC[C@H]2O)c2c1CC1CC[C@H]2O1. The van der Waals surface area contributed by atoms with Gasteiger partial charge in [-0.05, 0) is 43.4 Å². The van der Waals surface area contributed by atoms with Gasteiger partial charge in [0.1, 0.15) is 17.3 Å². The summed E-state index contributed by atoms with van der Waals surface area (Å²) in [6.07, 6.45) is -0.266. The third kappa shape index (κ3) is 4.68. The average Bonchev–Trinajstić information content (AvgIpc) is 3.19. The minimum atomic E-state index is -4.89. The van der Waals surface area contributed by atoms with Gasteiger partial charge in [0.05, 0.1) is 29.9 Å². The second-order valence-corrected chi connectivity index (χ2v) is 9.30. The van der Waals surface area contributed by atoms with Crippen LogP contribution in [-0.4, -0.2) is 47.5 Å². The van der Waals surface area contributed by atoms with E-state index in [9.17, 15) is 22.7 Å². The fraction of sp³-hybridized carbons (Fsp3) is 0.583. The smallest absolute Gasteiger partial charge is 0.419 e. The van der Waals surface area contributed by atoms with Gasteiger partial charge in [-0.1, -0.05) is 12.8 Å². The topological polar surface area (TPSA) is 85.7 Å². The normalized spacial score (nSPS) is 25.9. The summed E-state index contributed by atoms with van der Waals surface area (Å²) in [6, 6.07) is 1.25. The number of nitrogens with one attached hydrogen (secondary N) is 1. The van der Waals surface area contributed by atoms with Crippen molar-refractivity contribution in [3.8, 4) is 17.0 Å². The molecule has 2 unspecified atom stereocenters. The minimum Gasteiger partial charge on any atom is -0.467 e. The maximum Gasteiger partial charge on any atom is 0.419 e. The number of aromatic nitrogens is 2. The summed E-state index contributed by atoms with van der Waals surface area (Å²) in [7, 11) is 1.34. The third-order valence-corrected chi connectivity index (χ3v) is 6.99. The van der Waals surface area contributed by atoms with Crippen LogP contribution in [0.3, 0.4) is 0 Å². The lowest BCUT2D eigenvalue weighted by Gasteiger charge is -2.32. The maximum absolute atomic E-state index is 14.6. The van der Waals surface area contributed by atoms with Crippen LogP contribution in [0.2, 0.25) is 0 Å². The number of benzene rings is 1. The molecule has 1 aliphatic carbocycles. The molecule has 1 aromatic heterocycles. The molecule has 2 aliphatic heterocycles. The molecular weight excluding hydrogens is 470 g/mol.